The van der Waals surface area contributed by atoms with Gasteiger partial charge in [0.1, 0.15) is 0 Å². The monoisotopic (exact) mass is 249 g/mol. The lowest BCUT2D eigenvalue weighted by Gasteiger charge is -2.29. The van der Waals surface area contributed by atoms with Gasteiger partial charge < -0.3 is 19.9 Å². The second kappa shape index (κ2) is 8.73. The van der Waals surface area contributed by atoms with Crippen LogP contribution in [0.1, 0.15) is 46.5 Å². The van der Waals surface area contributed by atoms with Gasteiger partial charge in [-0.05, 0) is 25.1 Å². The Morgan fingerprint density at radius 1 is 1.12 bits per heavy atom. The Balaban J connectivity index is 4.07. The van der Waals surface area contributed by atoms with Crippen molar-refractivity contribution in [1.29, 1.82) is 0 Å². The van der Waals surface area contributed by atoms with E-state index in [-0.39, 0.29) is 5.17 Å². The maximum Gasteiger partial charge on any atom is 0.325 e. The quantitative estimate of drug-likeness (QED) is 0.386. The molecule has 0 bridgehead atoms. The third kappa shape index (κ3) is 7.84. The van der Waals surface area contributed by atoms with Gasteiger partial charge in [0.2, 0.25) is 0 Å². The van der Waals surface area contributed by atoms with Crippen molar-refractivity contribution in [2.24, 2.45) is 5.73 Å². The van der Waals surface area contributed by atoms with E-state index in [9.17, 15) is 0 Å². The summed E-state index contributed by atoms with van der Waals surface area (Å²) in [5, 5.41) is -0.0597. The van der Waals surface area contributed by atoms with Crippen LogP contribution in [0.5, 0.6) is 0 Å². The van der Waals surface area contributed by atoms with Gasteiger partial charge in [-0.3, -0.25) is 0 Å². The van der Waals surface area contributed by atoms with Gasteiger partial charge in [-0.1, -0.05) is 26.7 Å². The molecule has 0 atom stereocenters. The smallest absolute Gasteiger partial charge is 0.325 e. The Kier molecular flexibility index (Phi) is 8.51. The highest BCUT2D eigenvalue weighted by molar-refractivity contribution is 7.80. The molecule has 0 aromatic carbocycles. The number of unbranched alkanes of at least 4 members (excludes halogenated alkanes) is 2. The molecule has 0 saturated heterocycles. The Labute approximate surface area is 103 Å². The van der Waals surface area contributed by atoms with Crippen LogP contribution in [-0.2, 0) is 14.2 Å². The predicted octanol–water partition coefficient (Wildman–Crippen LogP) is 2.55. The summed E-state index contributed by atoms with van der Waals surface area (Å²) in [5.74, 6) is -1.14. The number of thiocarbonyl (C=S) groups is 1. The second-order valence-electron chi connectivity index (χ2n) is 3.69. The van der Waals surface area contributed by atoms with Gasteiger partial charge >= 0.3 is 5.97 Å². The van der Waals surface area contributed by atoms with E-state index in [1.54, 1.807) is 6.92 Å². The van der Waals surface area contributed by atoms with E-state index in [0.29, 0.717) is 13.2 Å². The minimum absolute atomic E-state index is 0.0597. The fourth-order valence-corrected chi connectivity index (χ4v) is 1.24. The molecule has 0 heterocycles. The molecular weight excluding hydrogens is 226 g/mol. The van der Waals surface area contributed by atoms with Crippen LogP contribution in [0.15, 0.2) is 0 Å². The standard InChI is InChI=1S/C11H23NO3S/c1-4-6-8-13-11(3,15-10(12)16)14-9-7-5-2/h4-9H2,1-3H3,(H2,12,16). The van der Waals surface area contributed by atoms with Crippen molar-refractivity contribution < 1.29 is 14.2 Å². The van der Waals surface area contributed by atoms with Crippen molar-refractivity contribution in [3.63, 3.8) is 0 Å². The number of nitrogens with two attached hydrogens (primary N) is 1. The van der Waals surface area contributed by atoms with Crippen LogP contribution in [0, 0.1) is 0 Å². The topological polar surface area (TPSA) is 53.7 Å². The van der Waals surface area contributed by atoms with Gasteiger partial charge in [0.15, 0.2) is 0 Å². The first-order chi connectivity index (χ1) is 7.54. The molecule has 16 heavy (non-hydrogen) atoms. The van der Waals surface area contributed by atoms with Crippen molar-refractivity contribution in [3.8, 4) is 0 Å². The van der Waals surface area contributed by atoms with Crippen molar-refractivity contribution >= 4 is 17.4 Å². The van der Waals surface area contributed by atoms with Crippen LogP contribution in [0.2, 0.25) is 0 Å². The SMILES string of the molecule is CCCCOC(C)(OCCCC)OC(N)=S. The number of ether oxygens (including phenoxy) is 3. The molecule has 0 rings (SSSR count). The molecule has 0 aliphatic rings. The van der Waals surface area contributed by atoms with Gasteiger partial charge in [-0.2, -0.15) is 0 Å². The minimum Gasteiger partial charge on any atom is -0.414 e. The van der Waals surface area contributed by atoms with Crippen molar-refractivity contribution in [1.82, 2.24) is 0 Å². The average Bonchev–Trinajstić information content (AvgIpc) is 2.17. The molecule has 0 spiro atoms. The minimum atomic E-state index is -1.14. The molecule has 0 radical (unpaired) electrons. The lowest BCUT2D eigenvalue weighted by molar-refractivity contribution is -0.338. The van der Waals surface area contributed by atoms with E-state index >= 15 is 0 Å². The Morgan fingerprint density at radius 3 is 1.88 bits per heavy atom. The molecule has 0 aliphatic heterocycles. The maximum absolute atomic E-state index is 5.52. The molecule has 5 heteroatoms. The van der Waals surface area contributed by atoms with E-state index in [1.165, 1.54) is 0 Å². The molecule has 0 aromatic rings. The summed E-state index contributed by atoms with van der Waals surface area (Å²) < 4.78 is 16.2. The predicted molar refractivity (Wildman–Crippen MR) is 68.0 cm³/mol. The molecule has 0 saturated carbocycles. The van der Waals surface area contributed by atoms with Gasteiger partial charge in [-0.25, -0.2) is 0 Å². The maximum atomic E-state index is 5.52. The average molecular weight is 249 g/mol. The van der Waals surface area contributed by atoms with Crippen LogP contribution < -0.4 is 5.73 Å². The molecule has 0 fully saturated rings. The number of hydrogen-bond acceptors (Lipinski definition) is 4. The summed E-state index contributed by atoms with van der Waals surface area (Å²) in [4.78, 5) is 0. The van der Waals surface area contributed by atoms with Crippen LogP contribution in [0.25, 0.3) is 0 Å². The zero-order valence-electron chi connectivity index (χ0n) is 10.5. The van der Waals surface area contributed by atoms with E-state index in [1.807, 2.05) is 0 Å². The summed E-state index contributed by atoms with van der Waals surface area (Å²) >= 11 is 4.70. The fourth-order valence-electron chi connectivity index (χ4n) is 1.09. The molecular formula is C11H23NO3S. The third-order valence-electron chi connectivity index (χ3n) is 2.01. The first-order valence-electron chi connectivity index (χ1n) is 5.80. The summed E-state index contributed by atoms with van der Waals surface area (Å²) in [6, 6.07) is 0. The van der Waals surface area contributed by atoms with Crippen LogP contribution in [0.3, 0.4) is 0 Å². The first-order valence-corrected chi connectivity index (χ1v) is 6.21. The second-order valence-corrected chi connectivity index (χ2v) is 4.09. The Morgan fingerprint density at radius 2 is 1.56 bits per heavy atom. The summed E-state index contributed by atoms with van der Waals surface area (Å²) in [6.45, 7) is 7.01. The van der Waals surface area contributed by atoms with E-state index < -0.39 is 5.97 Å². The highest BCUT2D eigenvalue weighted by atomic mass is 32.1. The van der Waals surface area contributed by atoms with Crippen molar-refractivity contribution in [2.75, 3.05) is 13.2 Å². The van der Waals surface area contributed by atoms with Gasteiger partial charge in [0, 0.05) is 6.92 Å². The number of rotatable bonds is 9. The zero-order chi connectivity index (χ0) is 12.4. The lowest BCUT2D eigenvalue weighted by atomic mass is 10.3. The lowest BCUT2D eigenvalue weighted by Crippen LogP contribution is -2.40. The van der Waals surface area contributed by atoms with E-state index in [0.717, 1.165) is 25.7 Å². The molecule has 0 aromatic heterocycles. The van der Waals surface area contributed by atoms with Gasteiger partial charge in [-0.15, -0.1) is 0 Å². The third-order valence-corrected chi connectivity index (χ3v) is 2.09. The highest BCUT2D eigenvalue weighted by Gasteiger charge is 2.28. The molecule has 0 amide bonds. The molecule has 2 N–H and O–H groups in total. The largest absolute Gasteiger partial charge is 0.414 e. The summed E-state index contributed by atoms with van der Waals surface area (Å²) in [7, 11) is 0. The van der Waals surface area contributed by atoms with Crippen LogP contribution in [0.4, 0.5) is 0 Å². The first kappa shape index (κ1) is 15.6. The summed E-state index contributed by atoms with van der Waals surface area (Å²) in [6.07, 6.45) is 4.01. The Bertz CT molecular complexity index is 190. The van der Waals surface area contributed by atoms with Crippen LogP contribution >= 0.6 is 12.2 Å². The van der Waals surface area contributed by atoms with Gasteiger partial charge in [0.25, 0.3) is 5.17 Å². The molecule has 0 unspecified atom stereocenters. The van der Waals surface area contributed by atoms with E-state index in [4.69, 9.17) is 32.2 Å². The molecule has 0 aliphatic carbocycles. The highest BCUT2D eigenvalue weighted by Crippen LogP contribution is 2.16. The number of hydrogen-bond donors (Lipinski definition) is 1. The van der Waals surface area contributed by atoms with Crippen molar-refractivity contribution in [2.45, 2.75) is 52.4 Å². The molecule has 96 valence electrons. The van der Waals surface area contributed by atoms with E-state index in [2.05, 4.69) is 13.8 Å². The van der Waals surface area contributed by atoms with Crippen molar-refractivity contribution in [3.05, 3.63) is 0 Å². The zero-order valence-corrected chi connectivity index (χ0v) is 11.3. The fraction of sp³-hybridized carbons (Fsp3) is 0.909. The Hall–Kier alpha value is -0.390. The summed E-state index contributed by atoms with van der Waals surface area (Å²) in [5.41, 5.74) is 5.34. The molecule has 4 nitrogen and oxygen atoms in total. The normalized spacial score (nSPS) is 11.4. The van der Waals surface area contributed by atoms with Crippen LogP contribution in [-0.4, -0.2) is 24.4 Å². The van der Waals surface area contributed by atoms with Gasteiger partial charge in [0.05, 0.1) is 13.2 Å².